The lowest BCUT2D eigenvalue weighted by atomic mass is 9.42. The summed E-state index contributed by atoms with van der Waals surface area (Å²) >= 11 is 0. The van der Waals surface area contributed by atoms with Gasteiger partial charge in [0.25, 0.3) is 0 Å². The molecule has 1 heterocycles. The summed E-state index contributed by atoms with van der Waals surface area (Å²) in [5.41, 5.74) is 2.47. The molecule has 4 bridgehead atoms. The van der Waals surface area contributed by atoms with Crippen molar-refractivity contribution in [1.29, 1.82) is 0 Å². The Bertz CT molecular complexity index is 848. The van der Waals surface area contributed by atoms with E-state index in [9.17, 15) is 4.79 Å². The number of nitrogens with one attached hydrogen (secondary N) is 1. The van der Waals surface area contributed by atoms with Crippen LogP contribution in [-0.4, -0.2) is 18.0 Å². The van der Waals surface area contributed by atoms with Gasteiger partial charge in [0.05, 0.1) is 12.5 Å². The Morgan fingerprint density at radius 1 is 1.07 bits per heavy atom. The predicted molar refractivity (Wildman–Crippen MR) is 108 cm³/mol. The average Bonchev–Trinajstić information content (AvgIpc) is 2.72. The molecule has 1 N–H and O–H groups in total. The van der Waals surface area contributed by atoms with Crippen LogP contribution in [0.15, 0.2) is 48.8 Å². The van der Waals surface area contributed by atoms with E-state index in [0.717, 1.165) is 30.6 Å². The molecule has 2 aromatic rings. The van der Waals surface area contributed by atoms with Crippen LogP contribution < -0.4 is 10.1 Å². The number of carbonyl (C=O) groups excluding carboxylic acids is 1. The Labute approximate surface area is 166 Å². The zero-order valence-corrected chi connectivity index (χ0v) is 16.5. The molecule has 0 spiro atoms. The number of carbonyl (C=O) groups is 1. The van der Waals surface area contributed by atoms with Gasteiger partial charge in [0, 0.05) is 18.9 Å². The van der Waals surface area contributed by atoms with Crippen molar-refractivity contribution >= 4 is 5.91 Å². The van der Waals surface area contributed by atoms with E-state index in [0.29, 0.717) is 18.4 Å². The van der Waals surface area contributed by atoms with Crippen molar-refractivity contribution in [2.24, 2.45) is 17.3 Å². The highest BCUT2D eigenvalue weighted by molar-refractivity contribution is 5.83. The summed E-state index contributed by atoms with van der Waals surface area (Å²) in [6, 6.07) is 12.6. The quantitative estimate of drug-likeness (QED) is 0.849. The van der Waals surface area contributed by atoms with Crippen LogP contribution in [0.1, 0.15) is 49.7 Å². The van der Waals surface area contributed by atoms with Gasteiger partial charge in [-0.3, -0.25) is 9.78 Å². The Hall–Kier alpha value is -2.36. The van der Waals surface area contributed by atoms with Gasteiger partial charge in [-0.05, 0) is 91.2 Å². The third-order valence-electron chi connectivity index (χ3n) is 7.45. The molecule has 4 nitrogen and oxygen atoms in total. The highest BCUT2D eigenvalue weighted by Gasteiger charge is 2.60. The average molecular weight is 377 g/mol. The summed E-state index contributed by atoms with van der Waals surface area (Å²) in [4.78, 5) is 17.5. The monoisotopic (exact) mass is 376 g/mol. The van der Waals surface area contributed by atoms with Gasteiger partial charge in [-0.1, -0.05) is 12.1 Å². The van der Waals surface area contributed by atoms with E-state index in [-0.39, 0.29) is 16.7 Å². The van der Waals surface area contributed by atoms with E-state index in [1.165, 1.54) is 24.8 Å². The van der Waals surface area contributed by atoms with Gasteiger partial charge in [-0.15, -0.1) is 0 Å². The number of amides is 1. The SMILES string of the molecule is COc1ccc(C23CC4CC(CC(C(=O)NCc5ccncc5)(C4)C2)C3)cc1. The Morgan fingerprint density at radius 3 is 2.39 bits per heavy atom. The second-order valence-electron chi connectivity index (χ2n) is 9.29. The fourth-order valence-corrected chi connectivity index (χ4v) is 6.68. The molecule has 1 aromatic heterocycles. The molecule has 0 aliphatic heterocycles. The summed E-state index contributed by atoms with van der Waals surface area (Å²) in [6.45, 7) is 0.591. The Balaban J connectivity index is 1.40. The van der Waals surface area contributed by atoms with Crippen LogP contribution in [-0.2, 0) is 16.8 Å². The minimum absolute atomic E-state index is 0.157. The number of aromatic nitrogens is 1. The van der Waals surface area contributed by atoms with E-state index in [1.54, 1.807) is 19.5 Å². The van der Waals surface area contributed by atoms with Crippen LogP contribution in [0.25, 0.3) is 0 Å². The molecule has 4 fully saturated rings. The fraction of sp³-hybridized carbons (Fsp3) is 0.500. The Morgan fingerprint density at radius 2 is 1.75 bits per heavy atom. The molecule has 1 amide bonds. The molecule has 2 atom stereocenters. The lowest BCUT2D eigenvalue weighted by Crippen LogP contribution is -2.59. The van der Waals surface area contributed by atoms with Crippen LogP contribution in [0.4, 0.5) is 0 Å². The molecule has 1 aromatic carbocycles. The molecule has 4 aliphatic rings. The first kappa shape index (κ1) is 17.7. The summed E-state index contributed by atoms with van der Waals surface area (Å²) in [7, 11) is 1.71. The standard InChI is InChI=1S/C24H28N2O2/c1-28-21-4-2-20(3-5-21)23-11-18-10-19(12-23)14-24(13-18,16-23)22(27)26-15-17-6-8-25-9-7-17/h2-9,18-19H,10-16H2,1H3,(H,26,27). The molecule has 0 saturated heterocycles. The minimum Gasteiger partial charge on any atom is -0.497 e. The van der Waals surface area contributed by atoms with Crippen LogP contribution >= 0.6 is 0 Å². The van der Waals surface area contributed by atoms with E-state index < -0.39 is 0 Å². The minimum atomic E-state index is -0.197. The maximum absolute atomic E-state index is 13.4. The fourth-order valence-electron chi connectivity index (χ4n) is 6.68. The highest BCUT2D eigenvalue weighted by Crippen LogP contribution is 2.65. The van der Waals surface area contributed by atoms with Gasteiger partial charge in [0.15, 0.2) is 0 Å². The summed E-state index contributed by atoms with van der Waals surface area (Å²) in [5.74, 6) is 2.51. The number of benzene rings is 1. The summed E-state index contributed by atoms with van der Waals surface area (Å²) in [5, 5.41) is 3.26. The van der Waals surface area contributed by atoms with Crippen molar-refractivity contribution in [1.82, 2.24) is 10.3 Å². The molecular weight excluding hydrogens is 348 g/mol. The highest BCUT2D eigenvalue weighted by atomic mass is 16.5. The van der Waals surface area contributed by atoms with E-state index in [1.807, 2.05) is 12.1 Å². The number of hydrogen-bond donors (Lipinski definition) is 1. The van der Waals surface area contributed by atoms with Crippen molar-refractivity contribution in [3.05, 3.63) is 59.9 Å². The second kappa shape index (κ2) is 6.61. The zero-order valence-electron chi connectivity index (χ0n) is 16.5. The van der Waals surface area contributed by atoms with Crippen LogP contribution in [0.5, 0.6) is 5.75 Å². The van der Waals surface area contributed by atoms with Gasteiger partial charge >= 0.3 is 0 Å². The lowest BCUT2D eigenvalue weighted by Gasteiger charge is -2.61. The molecule has 4 heteroatoms. The second-order valence-corrected chi connectivity index (χ2v) is 9.29. The number of rotatable bonds is 5. The largest absolute Gasteiger partial charge is 0.497 e. The molecule has 2 unspecified atom stereocenters. The molecule has 4 aliphatic carbocycles. The van der Waals surface area contributed by atoms with E-state index in [2.05, 4.69) is 34.6 Å². The number of nitrogens with zero attached hydrogens (tertiary/aromatic N) is 1. The van der Waals surface area contributed by atoms with Crippen molar-refractivity contribution in [2.45, 2.75) is 50.5 Å². The molecule has 0 radical (unpaired) electrons. The van der Waals surface area contributed by atoms with Gasteiger partial charge in [-0.2, -0.15) is 0 Å². The molecule has 28 heavy (non-hydrogen) atoms. The topological polar surface area (TPSA) is 51.2 Å². The van der Waals surface area contributed by atoms with Crippen molar-refractivity contribution in [3.63, 3.8) is 0 Å². The number of hydrogen-bond acceptors (Lipinski definition) is 3. The molecular formula is C24H28N2O2. The third kappa shape index (κ3) is 2.90. The summed E-state index contributed by atoms with van der Waals surface area (Å²) < 4.78 is 5.35. The smallest absolute Gasteiger partial charge is 0.226 e. The van der Waals surface area contributed by atoms with Gasteiger partial charge in [-0.25, -0.2) is 0 Å². The zero-order chi connectivity index (χ0) is 19.2. The molecule has 146 valence electrons. The van der Waals surface area contributed by atoms with Crippen molar-refractivity contribution in [2.75, 3.05) is 7.11 Å². The maximum Gasteiger partial charge on any atom is 0.226 e. The van der Waals surface area contributed by atoms with Gasteiger partial charge < -0.3 is 10.1 Å². The Kier molecular flexibility index (Phi) is 4.18. The van der Waals surface area contributed by atoms with Gasteiger partial charge in [0.1, 0.15) is 5.75 Å². The van der Waals surface area contributed by atoms with Crippen LogP contribution in [0.3, 0.4) is 0 Å². The molecule has 6 rings (SSSR count). The van der Waals surface area contributed by atoms with Crippen LogP contribution in [0, 0.1) is 17.3 Å². The van der Waals surface area contributed by atoms with E-state index in [4.69, 9.17) is 4.74 Å². The number of pyridine rings is 1. The van der Waals surface area contributed by atoms with Gasteiger partial charge in [0.2, 0.25) is 5.91 Å². The predicted octanol–water partition coefficient (Wildman–Crippen LogP) is 4.24. The maximum atomic E-state index is 13.4. The number of methoxy groups -OCH3 is 1. The van der Waals surface area contributed by atoms with Crippen LogP contribution in [0.2, 0.25) is 0 Å². The normalized spacial score (nSPS) is 32.9. The van der Waals surface area contributed by atoms with Crippen molar-refractivity contribution in [3.8, 4) is 5.75 Å². The third-order valence-corrected chi connectivity index (χ3v) is 7.45. The number of ether oxygens (including phenoxy) is 1. The summed E-state index contributed by atoms with van der Waals surface area (Å²) in [6.07, 6.45) is 10.4. The lowest BCUT2D eigenvalue weighted by molar-refractivity contribution is -0.149. The first-order valence-electron chi connectivity index (χ1n) is 10.4. The van der Waals surface area contributed by atoms with Crippen molar-refractivity contribution < 1.29 is 9.53 Å². The first-order valence-corrected chi connectivity index (χ1v) is 10.4. The van der Waals surface area contributed by atoms with E-state index >= 15 is 0 Å². The molecule has 4 saturated carbocycles. The first-order chi connectivity index (χ1) is 13.6.